The average Bonchev–Trinajstić information content (AvgIpc) is 2.94. The number of ketones is 1. The molecule has 0 N–H and O–H groups in total. The third kappa shape index (κ3) is 2.14. The summed E-state index contributed by atoms with van der Waals surface area (Å²) in [7, 11) is 0. The van der Waals surface area contributed by atoms with Gasteiger partial charge in [0.2, 0.25) is 0 Å². The highest BCUT2D eigenvalue weighted by Gasteiger charge is 2.28. The Labute approximate surface area is 112 Å². The van der Waals surface area contributed by atoms with Gasteiger partial charge in [0.15, 0.2) is 5.78 Å². The highest BCUT2D eigenvalue weighted by molar-refractivity contribution is 5.96. The zero-order valence-corrected chi connectivity index (χ0v) is 10.9. The quantitative estimate of drug-likeness (QED) is 0.792. The lowest BCUT2D eigenvalue weighted by atomic mass is 9.92. The number of aromatic nitrogens is 2. The Morgan fingerprint density at radius 2 is 2.26 bits per heavy atom. The molecule has 0 radical (unpaired) electrons. The first kappa shape index (κ1) is 12.0. The van der Waals surface area contributed by atoms with Gasteiger partial charge in [-0.3, -0.25) is 9.48 Å². The summed E-state index contributed by atoms with van der Waals surface area (Å²) in [5, 5.41) is 4.15. The number of rotatable bonds is 3. The van der Waals surface area contributed by atoms with Gasteiger partial charge in [-0.25, -0.2) is 0 Å². The Kier molecular flexibility index (Phi) is 3.07. The van der Waals surface area contributed by atoms with Crippen LogP contribution < -0.4 is 4.74 Å². The van der Waals surface area contributed by atoms with Crippen molar-refractivity contribution in [3.8, 4) is 5.75 Å². The van der Waals surface area contributed by atoms with E-state index < -0.39 is 0 Å². The van der Waals surface area contributed by atoms with Crippen LogP contribution in [0.1, 0.15) is 23.0 Å². The zero-order chi connectivity index (χ0) is 13.2. The molecule has 0 amide bonds. The third-order valence-electron chi connectivity index (χ3n) is 3.52. The van der Waals surface area contributed by atoms with Crippen molar-refractivity contribution in [1.29, 1.82) is 0 Å². The molecule has 1 aliphatic rings. The minimum absolute atomic E-state index is 0.114. The van der Waals surface area contributed by atoms with E-state index in [0.717, 1.165) is 17.7 Å². The Morgan fingerprint density at radius 1 is 1.42 bits per heavy atom. The number of aryl methyl sites for hydroxylation is 1. The molecule has 0 spiro atoms. The number of carbonyl (C=O) groups excluding carboxylic acids is 1. The summed E-state index contributed by atoms with van der Waals surface area (Å²) >= 11 is 0. The van der Waals surface area contributed by atoms with E-state index in [1.54, 1.807) is 16.9 Å². The van der Waals surface area contributed by atoms with Gasteiger partial charge in [-0.05, 0) is 31.0 Å². The molecular formula is C15H16N2O2. The predicted molar refractivity (Wildman–Crippen MR) is 71.4 cm³/mol. The number of para-hydroxylation sites is 1. The van der Waals surface area contributed by atoms with Crippen LogP contribution in [0.5, 0.6) is 5.75 Å². The zero-order valence-electron chi connectivity index (χ0n) is 10.9. The Hall–Kier alpha value is -2.10. The molecule has 4 nitrogen and oxygen atoms in total. The molecule has 0 saturated heterocycles. The summed E-state index contributed by atoms with van der Waals surface area (Å²) in [6, 6.07) is 9.68. The summed E-state index contributed by atoms with van der Waals surface area (Å²) in [6.07, 6.45) is 2.41. The maximum Gasteiger partial charge on any atom is 0.187 e. The molecule has 19 heavy (non-hydrogen) atoms. The van der Waals surface area contributed by atoms with Crippen LogP contribution in [0, 0.1) is 5.92 Å². The van der Waals surface area contributed by atoms with Crippen LogP contribution in [0.3, 0.4) is 0 Å². The molecule has 1 atom stereocenters. The largest absolute Gasteiger partial charge is 0.493 e. The number of benzene rings is 1. The second-order valence-electron chi connectivity index (χ2n) is 4.72. The summed E-state index contributed by atoms with van der Waals surface area (Å²) in [5.74, 6) is 0.904. The second-order valence-corrected chi connectivity index (χ2v) is 4.72. The maximum absolute atomic E-state index is 12.5. The Balaban J connectivity index is 1.83. The van der Waals surface area contributed by atoms with Gasteiger partial charge >= 0.3 is 0 Å². The fourth-order valence-electron chi connectivity index (χ4n) is 2.50. The molecule has 4 heteroatoms. The number of Topliss-reactive ketones (excluding diaryl/α,β-unsaturated/α-hetero) is 1. The van der Waals surface area contributed by atoms with Crippen LogP contribution in [0.25, 0.3) is 0 Å². The molecule has 1 aromatic carbocycles. The first-order valence-corrected chi connectivity index (χ1v) is 6.56. The number of ether oxygens (including phenoxy) is 1. The first-order chi connectivity index (χ1) is 9.29. The Bertz CT molecular complexity index is 604. The lowest BCUT2D eigenvalue weighted by Gasteiger charge is -2.24. The van der Waals surface area contributed by atoms with E-state index in [4.69, 9.17) is 4.74 Å². The van der Waals surface area contributed by atoms with E-state index in [-0.39, 0.29) is 11.7 Å². The molecule has 0 fully saturated rings. The lowest BCUT2D eigenvalue weighted by Crippen LogP contribution is -2.29. The standard InChI is InChI=1S/C15H16N2O2/c1-2-17-13(7-8-16-17)15(18)12-9-11-5-3-4-6-14(11)19-10-12/h3-8,12H,2,9-10H2,1H3. The van der Waals surface area contributed by atoms with Crippen molar-refractivity contribution in [2.45, 2.75) is 19.9 Å². The topological polar surface area (TPSA) is 44.1 Å². The van der Waals surface area contributed by atoms with Crippen molar-refractivity contribution in [1.82, 2.24) is 9.78 Å². The highest BCUT2D eigenvalue weighted by Crippen LogP contribution is 2.28. The van der Waals surface area contributed by atoms with Gasteiger partial charge < -0.3 is 4.74 Å². The molecular weight excluding hydrogens is 240 g/mol. The van der Waals surface area contributed by atoms with E-state index in [1.807, 2.05) is 31.2 Å². The van der Waals surface area contributed by atoms with E-state index in [2.05, 4.69) is 5.10 Å². The summed E-state index contributed by atoms with van der Waals surface area (Å²) in [5.41, 5.74) is 1.78. The van der Waals surface area contributed by atoms with E-state index in [0.29, 0.717) is 18.8 Å². The number of hydrogen-bond acceptors (Lipinski definition) is 3. The van der Waals surface area contributed by atoms with Gasteiger partial charge in [0.05, 0.1) is 12.5 Å². The number of hydrogen-bond donors (Lipinski definition) is 0. The molecule has 2 heterocycles. The van der Waals surface area contributed by atoms with E-state index in [1.165, 1.54) is 0 Å². The molecule has 98 valence electrons. The summed E-state index contributed by atoms with van der Waals surface area (Å²) in [6.45, 7) is 3.14. The minimum Gasteiger partial charge on any atom is -0.493 e. The van der Waals surface area contributed by atoms with Gasteiger partial charge in [-0.2, -0.15) is 5.10 Å². The smallest absolute Gasteiger partial charge is 0.187 e. The Morgan fingerprint density at radius 3 is 3.11 bits per heavy atom. The summed E-state index contributed by atoms with van der Waals surface area (Å²) in [4.78, 5) is 12.5. The van der Waals surface area contributed by atoms with E-state index in [9.17, 15) is 4.79 Å². The second kappa shape index (κ2) is 4.88. The predicted octanol–water partition coefficient (Wildman–Crippen LogP) is 2.34. The van der Waals surface area contributed by atoms with Crippen LogP contribution in [0.2, 0.25) is 0 Å². The molecule has 1 aliphatic heterocycles. The average molecular weight is 256 g/mol. The van der Waals surface area contributed by atoms with Crippen molar-refractivity contribution in [3.63, 3.8) is 0 Å². The molecule has 0 bridgehead atoms. The highest BCUT2D eigenvalue weighted by atomic mass is 16.5. The van der Waals surface area contributed by atoms with E-state index >= 15 is 0 Å². The SMILES string of the molecule is CCn1nccc1C(=O)C1COc2ccccc2C1. The number of fused-ring (bicyclic) bond motifs is 1. The van der Waals surface area contributed by atoms with Crippen LogP contribution in [0.4, 0.5) is 0 Å². The van der Waals surface area contributed by atoms with Gasteiger partial charge in [-0.15, -0.1) is 0 Å². The molecule has 0 aliphatic carbocycles. The molecule has 3 rings (SSSR count). The van der Waals surface area contributed by atoms with Crippen LogP contribution in [-0.2, 0) is 13.0 Å². The van der Waals surface area contributed by atoms with Gasteiger partial charge in [0, 0.05) is 12.7 Å². The van der Waals surface area contributed by atoms with Gasteiger partial charge in [0.25, 0.3) is 0 Å². The lowest BCUT2D eigenvalue weighted by molar-refractivity contribution is 0.0844. The maximum atomic E-state index is 12.5. The normalized spacial score (nSPS) is 17.6. The fraction of sp³-hybridized carbons (Fsp3) is 0.333. The number of nitrogens with zero attached hydrogens (tertiary/aromatic N) is 2. The van der Waals surface area contributed by atoms with Crippen LogP contribution in [0.15, 0.2) is 36.5 Å². The fourth-order valence-corrected chi connectivity index (χ4v) is 2.50. The van der Waals surface area contributed by atoms with Gasteiger partial charge in [-0.1, -0.05) is 18.2 Å². The van der Waals surface area contributed by atoms with Crippen LogP contribution >= 0.6 is 0 Å². The molecule has 2 aromatic rings. The first-order valence-electron chi connectivity index (χ1n) is 6.56. The molecule has 1 aromatic heterocycles. The monoisotopic (exact) mass is 256 g/mol. The van der Waals surface area contributed by atoms with Crippen molar-refractivity contribution in [3.05, 3.63) is 47.8 Å². The van der Waals surface area contributed by atoms with Crippen molar-refractivity contribution < 1.29 is 9.53 Å². The molecule has 1 unspecified atom stereocenters. The molecule has 0 saturated carbocycles. The van der Waals surface area contributed by atoms with Crippen molar-refractivity contribution in [2.75, 3.05) is 6.61 Å². The number of carbonyl (C=O) groups is 1. The summed E-state index contributed by atoms with van der Waals surface area (Å²) < 4.78 is 7.42. The third-order valence-corrected chi connectivity index (χ3v) is 3.52. The van der Waals surface area contributed by atoms with Crippen LogP contribution in [-0.4, -0.2) is 22.2 Å². The van der Waals surface area contributed by atoms with Gasteiger partial charge in [0.1, 0.15) is 11.4 Å². The minimum atomic E-state index is -0.114. The van der Waals surface area contributed by atoms with Crippen molar-refractivity contribution in [2.24, 2.45) is 5.92 Å². The van der Waals surface area contributed by atoms with Crippen molar-refractivity contribution >= 4 is 5.78 Å².